The van der Waals surface area contributed by atoms with Crippen molar-refractivity contribution in [1.82, 2.24) is 10.6 Å². The van der Waals surface area contributed by atoms with Crippen LogP contribution < -0.4 is 10.6 Å². The van der Waals surface area contributed by atoms with Crippen LogP contribution in [0, 0.1) is 14.9 Å². The summed E-state index contributed by atoms with van der Waals surface area (Å²) in [7, 11) is 2.51. The fourth-order valence-electron chi connectivity index (χ4n) is 2.11. The fourth-order valence-corrected chi connectivity index (χ4v) is 2.11. The molecule has 0 unspecified atom stereocenters. The molecule has 191 valence electrons. The molecule has 8 nitrogen and oxygen atoms in total. The zero-order valence-corrected chi connectivity index (χ0v) is 23.8. The second-order valence-corrected chi connectivity index (χ2v) is 5.38. The van der Waals surface area contributed by atoms with Crippen molar-refractivity contribution in [2.45, 2.75) is 34.6 Å². The van der Waals surface area contributed by atoms with E-state index in [4.69, 9.17) is 10.0 Å². The smallest absolute Gasteiger partial charge is 0.336 e. The summed E-state index contributed by atoms with van der Waals surface area (Å²) in [5, 5.41) is 9.03. The van der Waals surface area contributed by atoms with E-state index >= 15 is 0 Å². The number of nitrogens with one attached hydrogen (secondary N) is 2. The van der Waals surface area contributed by atoms with E-state index in [2.05, 4.69) is 10.2 Å². The van der Waals surface area contributed by atoms with Gasteiger partial charge >= 0.3 is 11.9 Å². The van der Waals surface area contributed by atoms with E-state index in [0.29, 0.717) is 11.7 Å². The quantitative estimate of drug-likeness (QED) is 0.365. The molecule has 2 aromatic carbocycles. The molecular formula is C25H40N2O6Y-2. The van der Waals surface area contributed by atoms with Gasteiger partial charge in [0, 0.05) is 50.6 Å². The topological polar surface area (TPSA) is 133 Å². The summed E-state index contributed by atoms with van der Waals surface area (Å²) in [4.78, 5) is 45.7. The number of carboxylic acid groups (broad SMARTS) is 2. The predicted molar refractivity (Wildman–Crippen MR) is 136 cm³/mol. The molecule has 0 aliphatic rings. The van der Waals surface area contributed by atoms with Crippen molar-refractivity contribution >= 4 is 23.8 Å². The Kier molecular flexibility index (Phi) is 19.2. The van der Waals surface area contributed by atoms with E-state index in [1.54, 1.807) is 24.3 Å². The Labute approximate surface area is 239 Å². The van der Waals surface area contributed by atoms with Crippen LogP contribution in [0.3, 0.4) is 0 Å². The van der Waals surface area contributed by atoms with E-state index in [1.165, 1.54) is 38.7 Å². The molecule has 0 fully saturated rings. The van der Waals surface area contributed by atoms with Crippen molar-refractivity contribution in [3.8, 4) is 0 Å². The average molecular weight is 561 g/mol. The molecule has 2 aromatic rings. The van der Waals surface area contributed by atoms with Gasteiger partial charge in [-0.05, 0) is 30.7 Å². The number of benzene rings is 2. The molecule has 0 saturated carbocycles. The van der Waals surface area contributed by atoms with Gasteiger partial charge in [0.05, 0.1) is 22.3 Å². The van der Waals surface area contributed by atoms with Gasteiger partial charge in [-0.15, -0.1) is 0 Å². The van der Waals surface area contributed by atoms with E-state index < -0.39 is 23.8 Å². The third kappa shape index (κ3) is 13.9. The number of rotatable bonds is 6. The van der Waals surface area contributed by atoms with Crippen LogP contribution >= 0.6 is 0 Å². The third-order valence-corrected chi connectivity index (χ3v) is 3.44. The largest absolute Gasteiger partial charge is 0.478 e. The third-order valence-electron chi connectivity index (χ3n) is 3.44. The molecule has 1 radical (unpaired) electrons. The predicted octanol–water partition coefficient (Wildman–Crippen LogP) is 5.08. The zero-order chi connectivity index (χ0) is 30.3. The van der Waals surface area contributed by atoms with Gasteiger partial charge in [-0.1, -0.05) is 52.4 Å². The van der Waals surface area contributed by atoms with Crippen LogP contribution in [-0.2, 0) is 32.7 Å². The summed E-state index contributed by atoms with van der Waals surface area (Å²) in [5.74, 6) is -3.02. The fraction of sp³-hybridized carbons (Fsp3) is 0.280. The number of hydrogen-bond acceptors (Lipinski definition) is 6. The van der Waals surface area contributed by atoms with Gasteiger partial charge in [0.2, 0.25) is 0 Å². The molecule has 2 amide bonds. The molecule has 2 rings (SSSR count). The number of carbonyl (C=O) groups excluding carboxylic acids is 2. The van der Waals surface area contributed by atoms with Gasteiger partial charge in [0.1, 0.15) is 0 Å². The number of aromatic carboxylic acids is 2. The summed E-state index contributed by atoms with van der Waals surface area (Å²) in [6.07, 6.45) is 0.653. The van der Waals surface area contributed by atoms with Gasteiger partial charge in [-0.2, -0.15) is 0 Å². The Morgan fingerprint density at radius 2 is 1.26 bits per heavy atom. The second kappa shape index (κ2) is 23.6. The van der Waals surface area contributed by atoms with Crippen molar-refractivity contribution in [2.24, 2.45) is 0 Å². The normalized spacial score (nSPS) is 9.85. The van der Waals surface area contributed by atoms with Crippen LogP contribution in [0.1, 0.15) is 80.4 Å². The van der Waals surface area contributed by atoms with Gasteiger partial charge in [0.25, 0.3) is 14.7 Å². The van der Waals surface area contributed by atoms with Crippen LogP contribution in [0.2, 0.25) is 2.82 Å². The van der Waals surface area contributed by atoms with Gasteiger partial charge in [0.15, 0.2) is 2.82 Å². The molecular weight excluding hydrogens is 513 g/mol. The number of carboxylic acids is 2. The molecule has 0 aromatic heterocycles. The Morgan fingerprint density at radius 3 is 1.59 bits per heavy atom. The van der Waals surface area contributed by atoms with Crippen LogP contribution in [0.5, 0.6) is 0 Å². The Balaban J connectivity index is -0.000000119. The first kappa shape index (κ1) is 27.7. The van der Waals surface area contributed by atoms with Crippen molar-refractivity contribution in [3.05, 3.63) is 85.6 Å². The summed E-state index contributed by atoms with van der Waals surface area (Å²) >= 11 is 0. The van der Waals surface area contributed by atoms with Crippen LogP contribution in [0.15, 0.2) is 48.5 Å². The van der Waals surface area contributed by atoms with Crippen molar-refractivity contribution < 1.29 is 69.3 Å². The molecule has 34 heavy (non-hydrogen) atoms. The molecule has 0 spiro atoms. The summed E-state index contributed by atoms with van der Waals surface area (Å²) in [6, 6.07) is 11.9. The molecule has 4 N–H and O–H groups in total. The number of amides is 2. The molecule has 0 atom stereocenters. The van der Waals surface area contributed by atoms with Crippen LogP contribution in [-0.4, -0.2) is 47.6 Å². The van der Waals surface area contributed by atoms with E-state index in [-0.39, 0.29) is 76.4 Å². The molecule has 0 bridgehead atoms. The Morgan fingerprint density at radius 1 is 0.912 bits per heavy atom. The van der Waals surface area contributed by atoms with Crippen molar-refractivity contribution in [3.63, 3.8) is 0 Å². The standard InChI is InChI=1S/C11H13NO3.C9H9NO3.C2H6.CH4.2CH3.Y.H2/c1-2-7-12-10(13)8-5-3-4-6-9(8)11(14)15;1-10-8(11)6-4-2-3-5-7(6)9(12)13;1-2;;;;;/h3-6H,2,7H2,1H3,(H,12,13)(H,14,15);2-5H,1H3,(H,10,11)(H,12,13);1-2H3;1H4;2*1H3;;1H/q;;;;2*-1;;/i;;;1D;;;;1+1D/hD4. The Hall–Kier alpha value is -2.58. The van der Waals surface area contributed by atoms with Gasteiger partial charge < -0.3 is 35.7 Å². The SMILES string of the molecule is CC.[2H]C.[2H]OC(=O)c1ccccc1C(=O)N([2H])C.[2H]OC(=O)c1ccccc1C(=O)N([2H])CCC.[2H][2H].[CH3-].[CH3-].[Y]. The maximum absolute atomic E-state index is 11.8. The first-order valence-electron chi connectivity index (χ1n) is 13.0. The molecule has 0 aliphatic heterocycles. The summed E-state index contributed by atoms with van der Waals surface area (Å²) in [5.41, 5.74) is 0.109. The minimum Gasteiger partial charge on any atom is -0.478 e. The maximum Gasteiger partial charge on any atom is 0.336 e. The number of carbonyl (C=O) groups is 4. The summed E-state index contributed by atoms with van der Waals surface area (Å²) in [6.45, 7) is 6.13. The first-order chi connectivity index (χ1) is 18.2. The molecule has 0 aliphatic carbocycles. The van der Waals surface area contributed by atoms with Crippen LogP contribution in [0.4, 0.5) is 0 Å². The minimum atomic E-state index is -0.916. The van der Waals surface area contributed by atoms with Crippen LogP contribution in [0.25, 0.3) is 2.86 Å². The van der Waals surface area contributed by atoms with Gasteiger partial charge in [-0.3, -0.25) is 9.59 Å². The van der Waals surface area contributed by atoms with Crippen molar-refractivity contribution in [1.29, 1.82) is 2.86 Å². The monoisotopic (exact) mass is 560 g/mol. The van der Waals surface area contributed by atoms with Crippen molar-refractivity contribution in [2.75, 3.05) is 13.6 Å². The zero-order valence-electron chi connectivity index (χ0n) is 28.0. The Bertz CT molecular complexity index is 989. The number of hydrogen-bond donors (Lipinski definition) is 4. The van der Waals surface area contributed by atoms with E-state index in [9.17, 15) is 19.2 Å². The second-order valence-electron chi connectivity index (χ2n) is 5.38. The van der Waals surface area contributed by atoms with E-state index in [0.717, 1.165) is 5.31 Å². The molecule has 9 heteroatoms. The minimum absolute atomic E-state index is 0. The van der Waals surface area contributed by atoms with Gasteiger partial charge in [-0.25, -0.2) is 9.59 Å². The molecule has 0 heterocycles. The first-order valence-corrected chi connectivity index (χ1v) is 9.30. The molecule has 0 saturated heterocycles. The summed E-state index contributed by atoms with van der Waals surface area (Å²) < 4.78 is 43.4. The van der Waals surface area contributed by atoms with E-state index in [1.807, 2.05) is 20.8 Å². The average Bonchev–Trinajstić information content (AvgIpc) is 2.99. The maximum atomic E-state index is 11.8.